The molecule has 1 fully saturated rings. The highest BCUT2D eigenvalue weighted by Gasteiger charge is 2.31. The first-order valence-electron chi connectivity index (χ1n) is 8.24. The monoisotopic (exact) mass is 292 g/mol. The Kier molecular flexibility index (Phi) is 5.37. The fourth-order valence-corrected chi connectivity index (χ4v) is 3.41. The van der Waals surface area contributed by atoms with Gasteiger partial charge in [-0.25, -0.2) is 4.39 Å². The molecule has 3 atom stereocenters. The molecule has 1 aromatic rings. The first kappa shape index (κ1) is 16.4. The lowest BCUT2D eigenvalue weighted by Gasteiger charge is -2.38. The number of nitrogens with zero attached hydrogens (tertiary/aromatic N) is 1. The average Bonchev–Trinajstić information content (AvgIpc) is 2.44. The maximum atomic E-state index is 13.5. The summed E-state index contributed by atoms with van der Waals surface area (Å²) in [5.74, 6) is 1.56. The standard InChI is InChI=1S/C18H29FN2/c1-5-13-6-7-14(11-21-18(2,3)4)17(8-13)15-9-16(19)12-20-10-15/h9-10,12-14,17,21H,5-8,11H2,1-4H3. The maximum absolute atomic E-state index is 13.5. The predicted molar refractivity (Wildman–Crippen MR) is 85.8 cm³/mol. The Bertz CT molecular complexity index is 453. The number of halogens is 1. The van der Waals surface area contributed by atoms with Gasteiger partial charge in [-0.2, -0.15) is 0 Å². The van der Waals surface area contributed by atoms with Crippen LogP contribution < -0.4 is 5.32 Å². The normalized spacial score (nSPS) is 26.8. The van der Waals surface area contributed by atoms with Crippen LogP contribution in [-0.2, 0) is 0 Å². The van der Waals surface area contributed by atoms with E-state index in [4.69, 9.17) is 0 Å². The van der Waals surface area contributed by atoms with E-state index in [9.17, 15) is 4.39 Å². The first-order valence-corrected chi connectivity index (χ1v) is 8.24. The third kappa shape index (κ3) is 4.77. The Morgan fingerprint density at radius 3 is 2.67 bits per heavy atom. The minimum absolute atomic E-state index is 0.131. The largest absolute Gasteiger partial charge is 0.312 e. The van der Waals surface area contributed by atoms with Crippen LogP contribution in [0.2, 0.25) is 0 Å². The van der Waals surface area contributed by atoms with E-state index in [-0.39, 0.29) is 11.4 Å². The van der Waals surface area contributed by atoms with E-state index in [1.165, 1.54) is 25.5 Å². The molecule has 3 heteroatoms. The molecule has 0 aromatic carbocycles. The molecule has 1 aliphatic rings. The minimum Gasteiger partial charge on any atom is -0.312 e. The molecule has 1 aromatic heterocycles. The van der Waals surface area contributed by atoms with Crippen molar-refractivity contribution in [2.75, 3.05) is 6.54 Å². The Balaban J connectivity index is 2.13. The van der Waals surface area contributed by atoms with Crippen molar-refractivity contribution in [1.29, 1.82) is 0 Å². The number of pyridine rings is 1. The highest BCUT2D eigenvalue weighted by molar-refractivity contribution is 5.18. The number of nitrogens with one attached hydrogen (secondary N) is 1. The van der Waals surface area contributed by atoms with Gasteiger partial charge in [-0.15, -0.1) is 0 Å². The van der Waals surface area contributed by atoms with Crippen LogP contribution in [0.1, 0.15) is 64.9 Å². The Labute approximate surface area is 128 Å². The highest BCUT2D eigenvalue weighted by atomic mass is 19.1. The molecule has 1 heterocycles. The van der Waals surface area contributed by atoms with Crippen molar-refractivity contribution in [2.24, 2.45) is 11.8 Å². The summed E-state index contributed by atoms with van der Waals surface area (Å²) in [6.07, 6.45) is 8.06. The Morgan fingerprint density at radius 2 is 2.05 bits per heavy atom. The zero-order valence-electron chi connectivity index (χ0n) is 13.8. The molecule has 1 N–H and O–H groups in total. The van der Waals surface area contributed by atoms with Gasteiger partial charge in [-0.3, -0.25) is 4.98 Å². The number of aromatic nitrogens is 1. The summed E-state index contributed by atoms with van der Waals surface area (Å²) >= 11 is 0. The molecule has 0 amide bonds. The lowest BCUT2D eigenvalue weighted by Crippen LogP contribution is -2.41. The van der Waals surface area contributed by atoms with Crippen LogP contribution in [0.4, 0.5) is 4.39 Å². The van der Waals surface area contributed by atoms with E-state index >= 15 is 0 Å². The van der Waals surface area contributed by atoms with Crippen molar-refractivity contribution in [2.45, 2.75) is 64.8 Å². The molecule has 0 saturated heterocycles. The molecule has 0 bridgehead atoms. The molecular weight excluding hydrogens is 263 g/mol. The van der Waals surface area contributed by atoms with E-state index in [0.29, 0.717) is 11.8 Å². The molecule has 1 saturated carbocycles. The van der Waals surface area contributed by atoms with Crippen LogP contribution >= 0.6 is 0 Å². The molecule has 0 aliphatic heterocycles. The summed E-state index contributed by atoms with van der Waals surface area (Å²) in [6, 6.07) is 1.68. The van der Waals surface area contributed by atoms with Gasteiger partial charge in [-0.1, -0.05) is 19.8 Å². The smallest absolute Gasteiger partial charge is 0.141 e. The number of rotatable bonds is 4. The van der Waals surface area contributed by atoms with Gasteiger partial charge in [-0.05, 0) is 69.5 Å². The number of hydrogen-bond acceptors (Lipinski definition) is 2. The lowest BCUT2D eigenvalue weighted by molar-refractivity contribution is 0.213. The average molecular weight is 292 g/mol. The molecule has 2 nitrogen and oxygen atoms in total. The van der Waals surface area contributed by atoms with Crippen molar-refractivity contribution in [3.8, 4) is 0 Å². The second kappa shape index (κ2) is 6.87. The van der Waals surface area contributed by atoms with Gasteiger partial charge in [0.2, 0.25) is 0 Å². The molecule has 0 radical (unpaired) electrons. The molecule has 2 rings (SSSR count). The molecule has 118 valence electrons. The van der Waals surface area contributed by atoms with Gasteiger partial charge in [0.15, 0.2) is 0 Å². The third-order valence-electron chi connectivity index (χ3n) is 4.73. The van der Waals surface area contributed by atoms with Crippen LogP contribution in [0.15, 0.2) is 18.5 Å². The minimum atomic E-state index is -0.214. The van der Waals surface area contributed by atoms with Crippen molar-refractivity contribution in [3.05, 3.63) is 29.8 Å². The van der Waals surface area contributed by atoms with Gasteiger partial charge in [0.1, 0.15) is 5.82 Å². The molecule has 3 unspecified atom stereocenters. The zero-order chi connectivity index (χ0) is 15.5. The van der Waals surface area contributed by atoms with Gasteiger partial charge >= 0.3 is 0 Å². The zero-order valence-corrected chi connectivity index (χ0v) is 13.8. The molecular formula is C18H29FN2. The Hall–Kier alpha value is -0.960. The van der Waals surface area contributed by atoms with Crippen LogP contribution in [0.3, 0.4) is 0 Å². The van der Waals surface area contributed by atoms with E-state index in [1.54, 1.807) is 6.07 Å². The van der Waals surface area contributed by atoms with Crippen molar-refractivity contribution in [3.63, 3.8) is 0 Å². The van der Waals surface area contributed by atoms with Gasteiger partial charge in [0.25, 0.3) is 0 Å². The Morgan fingerprint density at radius 1 is 1.29 bits per heavy atom. The van der Waals surface area contributed by atoms with E-state index in [2.05, 4.69) is 38.0 Å². The quantitative estimate of drug-likeness (QED) is 0.882. The molecule has 1 aliphatic carbocycles. The fraction of sp³-hybridized carbons (Fsp3) is 0.722. The van der Waals surface area contributed by atoms with Gasteiger partial charge in [0.05, 0.1) is 6.20 Å². The van der Waals surface area contributed by atoms with E-state index in [0.717, 1.165) is 24.4 Å². The predicted octanol–water partition coefficient (Wildman–Crippen LogP) is 4.52. The number of hydrogen-bond donors (Lipinski definition) is 1. The molecule has 0 spiro atoms. The van der Waals surface area contributed by atoms with Crippen molar-refractivity contribution >= 4 is 0 Å². The van der Waals surface area contributed by atoms with E-state index < -0.39 is 0 Å². The second-order valence-electron chi connectivity index (χ2n) is 7.52. The van der Waals surface area contributed by atoms with Crippen LogP contribution in [0, 0.1) is 17.7 Å². The molecule has 21 heavy (non-hydrogen) atoms. The van der Waals surface area contributed by atoms with Gasteiger partial charge in [0, 0.05) is 11.7 Å². The first-order chi connectivity index (χ1) is 9.89. The SMILES string of the molecule is CCC1CCC(CNC(C)(C)C)C(c2cncc(F)c2)C1. The van der Waals surface area contributed by atoms with Gasteiger partial charge < -0.3 is 5.32 Å². The second-order valence-corrected chi connectivity index (χ2v) is 7.52. The summed E-state index contributed by atoms with van der Waals surface area (Å²) in [5.41, 5.74) is 1.21. The highest BCUT2D eigenvalue weighted by Crippen LogP contribution is 2.41. The summed E-state index contributed by atoms with van der Waals surface area (Å²) in [4.78, 5) is 4.06. The summed E-state index contributed by atoms with van der Waals surface area (Å²) in [7, 11) is 0. The summed E-state index contributed by atoms with van der Waals surface area (Å²) < 4.78 is 13.5. The van der Waals surface area contributed by atoms with Crippen molar-refractivity contribution < 1.29 is 4.39 Å². The third-order valence-corrected chi connectivity index (χ3v) is 4.73. The maximum Gasteiger partial charge on any atom is 0.141 e. The fourth-order valence-electron chi connectivity index (χ4n) is 3.41. The van der Waals surface area contributed by atoms with E-state index in [1.807, 2.05) is 6.20 Å². The summed E-state index contributed by atoms with van der Waals surface area (Å²) in [6.45, 7) is 9.86. The summed E-state index contributed by atoms with van der Waals surface area (Å²) in [5, 5.41) is 3.62. The van der Waals surface area contributed by atoms with Crippen molar-refractivity contribution in [1.82, 2.24) is 10.3 Å². The van der Waals surface area contributed by atoms with Crippen LogP contribution in [0.5, 0.6) is 0 Å². The van der Waals surface area contributed by atoms with Crippen LogP contribution in [0.25, 0.3) is 0 Å². The lowest BCUT2D eigenvalue weighted by atomic mass is 9.70. The van der Waals surface area contributed by atoms with Crippen LogP contribution in [-0.4, -0.2) is 17.1 Å². The topological polar surface area (TPSA) is 24.9 Å².